The van der Waals surface area contributed by atoms with E-state index in [0.717, 1.165) is 4.90 Å². The number of benzene rings is 3. The molecule has 4 rings (SSSR count). The Bertz CT molecular complexity index is 1400. The molecular formula is C26H19Cl2N3O5. The Hall–Kier alpha value is -4.14. The summed E-state index contributed by atoms with van der Waals surface area (Å²) in [7, 11) is 0. The van der Waals surface area contributed by atoms with Crippen molar-refractivity contribution >= 4 is 64.0 Å². The third-order valence-corrected chi connectivity index (χ3v) is 5.73. The van der Waals surface area contributed by atoms with Crippen LogP contribution < -0.4 is 15.5 Å². The summed E-state index contributed by atoms with van der Waals surface area (Å²) in [6, 6.07) is 18.9. The summed E-state index contributed by atoms with van der Waals surface area (Å²) in [5.74, 6) is -2.30. The van der Waals surface area contributed by atoms with Crippen LogP contribution in [0.15, 0.2) is 83.5 Å². The SMILES string of the molecule is CCOC(=O)c1ccc(N2C(=O)C(Cl)=C(Nc3cccc(C(=O)Nc4cccc(Cl)c4)c3)C2=O)cc1. The molecule has 0 atom stereocenters. The molecule has 0 bridgehead atoms. The second kappa shape index (κ2) is 10.6. The van der Waals surface area contributed by atoms with E-state index in [1.807, 2.05) is 0 Å². The van der Waals surface area contributed by atoms with Gasteiger partial charge in [-0.15, -0.1) is 0 Å². The summed E-state index contributed by atoms with van der Waals surface area (Å²) in [5, 5.41) is 5.77. The van der Waals surface area contributed by atoms with Gasteiger partial charge in [0.2, 0.25) is 0 Å². The maximum atomic E-state index is 13.1. The highest BCUT2D eigenvalue weighted by molar-refractivity contribution is 6.53. The van der Waals surface area contributed by atoms with Gasteiger partial charge in [-0.3, -0.25) is 14.4 Å². The van der Waals surface area contributed by atoms with E-state index in [1.165, 1.54) is 30.3 Å². The van der Waals surface area contributed by atoms with Crippen LogP contribution in [0.5, 0.6) is 0 Å². The molecule has 0 saturated heterocycles. The van der Waals surface area contributed by atoms with Crippen LogP contribution in [-0.4, -0.2) is 30.3 Å². The molecule has 0 aromatic heterocycles. The minimum atomic E-state index is -0.720. The highest BCUT2D eigenvalue weighted by atomic mass is 35.5. The molecule has 0 saturated carbocycles. The van der Waals surface area contributed by atoms with Crippen LogP contribution in [0.2, 0.25) is 5.02 Å². The second-order valence-electron chi connectivity index (χ2n) is 7.57. The van der Waals surface area contributed by atoms with E-state index in [9.17, 15) is 19.2 Å². The number of nitrogens with one attached hydrogen (secondary N) is 2. The van der Waals surface area contributed by atoms with E-state index in [-0.39, 0.29) is 28.6 Å². The van der Waals surface area contributed by atoms with Crippen LogP contribution >= 0.6 is 23.2 Å². The molecule has 8 nitrogen and oxygen atoms in total. The van der Waals surface area contributed by atoms with Gasteiger partial charge in [-0.2, -0.15) is 0 Å². The average Bonchev–Trinajstić information content (AvgIpc) is 3.07. The summed E-state index contributed by atoms with van der Waals surface area (Å²) in [4.78, 5) is 51.2. The van der Waals surface area contributed by atoms with Gasteiger partial charge in [0, 0.05) is 22.0 Å². The van der Waals surface area contributed by atoms with Crippen LogP contribution in [0.1, 0.15) is 27.6 Å². The Morgan fingerprint density at radius 1 is 0.861 bits per heavy atom. The fourth-order valence-corrected chi connectivity index (χ4v) is 3.86. The van der Waals surface area contributed by atoms with Crippen molar-refractivity contribution in [2.45, 2.75) is 6.92 Å². The van der Waals surface area contributed by atoms with E-state index in [4.69, 9.17) is 27.9 Å². The van der Waals surface area contributed by atoms with Crippen molar-refractivity contribution in [2.75, 3.05) is 22.1 Å². The Morgan fingerprint density at radius 3 is 2.25 bits per heavy atom. The normalized spacial score (nSPS) is 13.1. The summed E-state index contributed by atoms with van der Waals surface area (Å²) < 4.78 is 4.94. The number of rotatable bonds is 7. The van der Waals surface area contributed by atoms with E-state index in [0.29, 0.717) is 22.0 Å². The van der Waals surface area contributed by atoms with Gasteiger partial charge in [0.25, 0.3) is 17.7 Å². The molecule has 2 N–H and O–H groups in total. The predicted molar refractivity (Wildman–Crippen MR) is 137 cm³/mol. The zero-order valence-corrected chi connectivity index (χ0v) is 20.4. The van der Waals surface area contributed by atoms with Crippen LogP contribution in [0.3, 0.4) is 0 Å². The molecule has 1 aliphatic rings. The van der Waals surface area contributed by atoms with Crippen LogP contribution in [0, 0.1) is 0 Å². The van der Waals surface area contributed by atoms with E-state index in [1.54, 1.807) is 49.4 Å². The quantitative estimate of drug-likeness (QED) is 0.325. The lowest BCUT2D eigenvalue weighted by Crippen LogP contribution is -2.32. The van der Waals surface area contributed by atoms with E-state index < -0.39 is 23.7 Å². The first-order valence-electron chi connectivity index (χ1n) is 10.8. The molecule has 36 heavy (non-hydrogen) atoms. The van der Waals surface area contributed by atoms with E-state index >= 15 is 0 Å². The highest BCUT2D eigenvalue weighted by Crippen LogP contribution is 2.30. The maximum absolute atomic E-state index is 13.1. The molecule has 10 heteroatoms. The molecular weight excluding hydrogens is 505 g/mol. The first-order chi connectivity index (χ1) is 17.3. The number of ether oxygens (including phenoxy) is 1. The number of imide groups is 1. The van der Waals surface area contributed by atoms with Gasteiger partial charge < -0.3 is 15.4 Å². The van der Waals surface area contributed by atoms with Gasteiger partial charge in [-0.25, -0.2) is 9.69 Å². The minimum Gasteiger partial charge on any atom is -0.462 e. The van der Waals surface area contributed by atoms with Gasteiger partial charge in [0.15, 0.2) is 0 Å². The molecule has 3 aromatic rings. The average molecular weight is 524 g/mol. The number of carbonyl (C=O) groups is 4. The predicted octanol–water partition coefficient (Wildman–Crippen LogP) is 5.20. The fraction of sp³-hybridized carbons (Fsp3) is 0.0769. The first-order valence-corrected chi connectivity index (χ1v) is 11.5. The third kappa shape index (κ3) is 5.25. The highest BCUT2D eigenvalue weighted by Gasteiger charge is 2.39. The Morgan fingerprint density at radius 2 is 1.56 bits per heavy atom. The van der Waals surface area contributed by atoms with Gasteiger partial charge in [-0.05, 0) is 67.6 Å². The number of hydrogen-bond acceptors (Lipinski definition) is 6. The summed E-state index contributed by atoms with van der Waals surface area (Å²) in [5.41, 5.74) is 1.59. The molecule has 0 aliphatic carbocycles. The Kier molecular flexibility index (Phi) is 7.38. The molecule has 0 radical (unpaired) electrons. The molecule has 3 aromatic carbocycles. The standard InChI is InChI=1S/C26H19Cl2N3O5/c1-2-36-26(35)15-9-11-20(12-10-15)31-24(33)21(28)22(25(31)34)29-18-7-3-5-16(13-18)23(32)30-19-8-4-6-17(27)14-19/h3-14,29H,2H2,1H3,(H,30,32). The molecule has 0 fully saturated rings. The van der Waals surface area contributed by atoms with Crippen molar-refractivity contribution < 1.29 is 23.9 Å². The number of hydrogen-bond donors (Lipinski definition) is 2. The number of anilines is 3. The number of halogens is 2. The minimum absolute atomic E-state index is 0.136. The lowest BCUT2D eigenvalue weighted by Gasteiger charge is -2.15. The van der Waals surface area contributed by atoms with Crippen LogP contribution in [-0.2, 0) is 14.3 Å². The summed E-state index contributed by atoms with van der Waals surface area (Å²) in [6.07, 6.45) is 0. The van der Waals surface area contributed by atoms with Gasteiger partial charge >= 0.3 is 5.97 Å². The number of amides is 3. The van der Waals surface area contributed by atoms with Crippen molar-refractivity contribution in [2.24, 2.45) is 0 Å². The van der Waals surface area contributed by atoms with E-state index in [2.05, 4.69) is 10.6 Å². The first kappa shape index (κ1) is 25.0. The number of nitrogens with zero attached hydrogens (tertiary/aromatic N) is 1. The van der Waals surface area contributed by atoms with Crippen molar-refractivity contribution in [1.82, 2.24) is 0 Å². The largest absolute Gasteiger partial charge is 0.462 e. The lowest BCUT2D eigenvalue weighted by atomic mass is 10.1. The van der Waals surface area contributed by atoms with Crippen molar-refractivity contribution in [3.63, 3.8) is 0 Å². The molecule has 3 amide bonds. The lowest BCUT2D eigenvalue weighted by molar-refractivity contribution is -0.120. The van der Waals surface area contributed by atoms with Crippen molar-refractivity contribution in [3.8, 4) is 0 Å². The zero-order valence-electron chi connectivity index (χ0n) is 18.9. The van der Waals surface area contributed by atoms with Gasteiger partial charge in [0.1, 0.15) is 10.7 Å². The maximum Gasteiger partial charge on any atom is 0.338 e. The Labute approximate surface area is 216 Å². The molecule has 1 aliphatic heterocycles. The number of carbonyl (C=O) groups excluding carboxylic acids is 4. The number of esters is 1. The zero-order chi connectivity index (χ0) is 25.8. The topological polar surface area (TPSA) is 105 Å². The second-order valence-corrected chi connectivity index (χ2v) is 8.39. The molecule has 182 valence electrons. The van der Waals surface area contributed by atoms with Crippen molar-refractivity contribution in [3.05, 3.63) is 99.7 Å². The van der Waals surface area contributed by atoms with Crippen LogP contribution in [0.25, 0.3) is 0 Å². The van der Waals surface area contributed by atoms with Crippen molar-refractivity contribution in [1.29, 1.82) is 0 Å². The fourth-order valence-electron chi connectivity index (χ4n) is 3.46. The van der Waals surface area contributed by atoms with Gasteiger partial charge in [-0.1, -0.05) is 35.3 Å². The summed E-state index contributed by atoms with van der Waals surface area (Å²) >= 11 is 12.2. The molecule has 0 unspecified atom stereocenters. The third-order valence-electron chi connectivity index (χ3n) is 5.14. The van der Waals surface area contributed by atoms with Crippen LogP contribution in [0.4, 0.5) is 17.1 Å². The monoisotopic (exact) mass is 523 g/mol. The van der Waals surface area contributed by atoms with Gasteiger partial charge in [0.05, 0.1) is 17.9 Å². The summed E-state index contributed by atoms with van der Waals surface area (Å²) in [6.45, 7) is 1.92. The molecule has 0 spiro atoms. The smallest absolute Gasteiger partial charge is 0.338 e. The molecule has 1 heterocycles. The Balaban J connectivity index is 1.50.